The minimum absolute atomic E-state index is 0.0208. The van der Waals surface area contributed by atoms with Gasteiger partial charge in [-0.15, -0.1) is 23.5 Å². The molecule has 5 rings (SSSR count). The number of imide groups is 1. The Morgan fingerprint density at radius 3 is 1.05 bits per heavy atom. The van der Waals surface area contributed by atoms with Crippen LogP contribution in [0.15, 0.2) is 70.9 Å². The monoisotopic (exact) mass is 631 g/mol. The largest absolute Gasteiger partial charge is 0.289 e. The summed E-state index contributed by atoms with van der Waals surface area (Å²) in [6.45, 7) is 24.6. The molecule has 0 bridgehead atoms. The molecule has 7 heteroatoms. The van der Waals surface area contributed by atoms with Crippen molar-refractivity contribution in [3.05, 3.63) is 82.0 Å². The van der Waals surface area contributed by atoms with Crippen LogP contribution in [0.3, 0.4) is 0 Å². The van der Waals surface area contributed by atoms with Crippen LogP contribution in [-0.4, -0.2) is 42.5 Å². The van der Waals surface area contributed by atoms with Gasteiger partial charge in [-0.05, 0) is 33.8 Å². The van der Waals surface area contributed by atoms with Crippen molar-refractivity contribution >= 4 is 46.9 Å². The quantitative estimate of drug-likeness (QED) is 0.289. The molecule has 5 nitrogen and oxygen atoms in total. The van der Waals surface area contributed by atoms with Crippen molar-refractivity contribution in [3.63, 3.8) is 0 Å². The van der Waals surface area contributed by atoms with E-state index < -0.39 is 35.9 Å². The first-order valence-corrected chi connectivity index (χ1v) is 17.0. The molecule has 0 saturated carbocycles. The van der Waals surface area contributed by atoms with Gasteiger partial charge in [-0.25, -0.2) is 0 Å². The zero-order valence-corrected chi connectivity index (χ0v) is 29.7. The van der Waals surface area contributed by atoms with Gasteiger partial charge >= 0.3 is 0 Å². The normalized spacial score (nSPS) is 22.4. The summed E-state index contributed by atoms with van der Waals surface area (Å²) in [5, 5.41) is 0. The predicted octanol–water partition coefficient (Wildman–Crippen LogP) is 8.58. The average molecular weight is 632 g/mol. The summed E-state index contributed by atoms with van der Waals surface area (Å²) in [4.78, 5) is 57.4. The van der Waals surface area contributed by atoms with Gasteiger partial charge in [-0.2, -0.15) is 0 Å². The minimum Gasteiger partial charge on any atom is -0.289 e. The molecule has 4 aliphatic rings. The van der Waals surface area contributed by atoms with E-state index in [1.807, 2.05) is 83.1 Å². The number of carbonyl (C=O) groups is 4. The van der Waals surface area contributed by atoms with Gasteiger partial charge in [-0.1, -0.05) is 120 Å². The first kappa shape index (κ1) is 32.7. The Hall–Kier alpha value is -2.64. The van der Waals surface area contributed by atoms with E-state index in [0.717, 1.165) is 0 Å². The summed E-state index contributed by atoms with van der Waals surface area (Å²) >= 11 is 3.05. The number of benzene rings is 1. The second-order valence-electron chi connectivity index (χ2n) is 16.5. The van der Waals surface area contributed by atoms with Gasteiger partial charge in [0.05, 0.1) is 20.6 Å². The van der Waals surface area contributed by atoms with Gasteiger partial charge < -0.3 is 0 Å². The number of rotatable bonds is 1. The fraction of sp³-hybridized carbons (Fsp3) is 0.514. The van der Waals surface area contributed by atoms with Crippen LogP contribution in [0, 0.1) is 21.7 Å². The van der Waals surface area contributed by atoms with Crippen LogP contribution >= 0.6 is 23.5 Å². The first-order chi connectivity index (χ1) is 19.9. The molecular weight excluding hydrogens is 587 g/mol. The lowest BCUT2D eigenvalue weighted by atomic mass is 9.65. The molecule has 2 heterocycles. The van der Waals surface area contributed by atoms with Gasteiger partial charge in [0.15, 0.2) is 11.6 Å². The maximum absolute atomic E-state index is 14.2. The molecular formula is C37H45NO4S2. The molecule has 44 heavy (non-hydrogen) atoms. The number of ketones is 2. The Kier molecular flexibility index (Phi) is 7.39. The van der Waals surface area contributed by atoms with Crippen molar-refractivity contribution in [2.45, 2.75) is 97.3 Å². The second kappa shape index (κ2) is 9.93. The summed E-state index contributed by atoms with van der Waals surface area (Å²) < 4.78 is -2.34. The number of Topliss-reactive ketones (excluding diaryl/α,β-unsaturated/α-hetero) is 2. The van der Waals surface area contributed by atoms with E-state index in [0.29, 0.717) is 33.4 Å². The van der Waals surface area contributed by atoms with Crippen molar-refractivity contribution in [1.29, 1.82) is 0 Å². The van der Waals surface area contributed by atoms with Gasteiger partial charge in [-0.3, -0.25) is 24.1 Å². The molecule has 0 N–H and O–H groups in total. The van der Waals surface area contributed by atoms with Crippen molar-refractivity contribution in [3.8, 4) is 0 Å². The second-order valence-corrected chi connectivity index (χ2v) is 19.6. The molecule has 0 aromatic heterocycles. The summed E-state index contributed by atoms with van der Waals surface area (Å²) in [5.74, 6) is -0.594. The maximum atomic E-state index is 14.2. The average Bonchev–Trinajstić information content (AvgIpc) is 3.29. The molecule has 1 aromatic carbocycles. The van der Waals surface area contributed by atoms with Crippen LogP contribution in [0.25, 0.3) is 0 Å². The molecule has 0 radical (unpaired) electrons. The van der Waals surface area contributed by atoms with E-state index in [4.69, 9.17) is 0 Å². The third-order valence-corrected chi connectivity index (χ3v) is 12.3. The van der Waals surface area contributed by atoms with Crippen LogP contribution in [0.5, 0.6) is 0 Å². The number of fused-ring (bicyclic) bond motifs is 2. The fourth-order valence-electron chi connectivity index (χ4n) is 6.36. The highest BCUT2D eigenvalue weighted by Gasteiger charge is 2.63. The topological polar surface area (TPSA) is 71.5 Å². The molecule has 2 aliphatic heterocycles. The number of allylic oxidation sites excluding steroid dienone is 4. The van der Waals surface area contributed by atoms with Crippen molar-refractivity contribution in [2.24, 2.45) is 21.7 Å². The van der Waals surface area contributed by atoms with Crippen LogP contribution < -0.4 is 0 Å². The van der Waals surface area contributed by atoms with Crippen LogP contribution in [0.2, 0.25) is 0 Å². The lowest BCUT2D eigenvalue weighted by Crippen LogP contribution is -2.48. The van der Waals surface area contributed by atoms with E-state index in [1.165, 1.54) is 28.4 Å². The fourth-order valence-corrected chi connectivity index (χ4v) is 10.4. The molecule has 2 amide bonds. The summed E-state index contributed by atoms with van der Waals surface area (Å²) in [5.41, 5.74) is 1.75. The SMILES string of the molecule is CC(C)(C)C1=CC2(C=C(C(C)(C)C)C1=O)SC(N1C(=O)c3ccccc3C1=O)SC21C=C(C(C)(C)C)C(=O)C(C(C)(C)C)=C1. The summed E-state index contributed by atoms with van der Waals surface area (Å²) in [6.07, 6.45) is 8.35. The Labute approximate surface area is 271 Å². The zero-order valence-electron chi connectivity index (χ0n) is 28.1. The van der Waals surface area contributed by atoms with Crippen LogP contribution in [0.1, 0.15) is 104 Å². The van der Waals surface area contributed by atoms with Gasteiger partial charge in [0, 0.05) is 22.3 Å². The van der Waals surface area contributed by atoms with Crippen molar-refractivity contribution in [2.75, 3.05) is 0 Å². The molecule has 234 valence electrons. The highest BCUT2D eigenvalue weighted by molar-refractivity contribution is 8.22. The lowest BCUT2D eigenvalue weighted by molar-refractivity contribution is -0.115. The minimum atomic E-state index is -0.871. The molecule has 2 aliphatic carbocycles. The Balaban J connectivity index is 1.86. The lowest BCUT2D eigenvalue weighted by Gasteiger charge is -2.46. The Morgan fingerprint density at radius 1 is 0.523 bits per heavy atom. The molecule has 0 unspecified atom stereocenters. The van der Waals surface area contributed by atoms with E-state index in [-0.39, 0.29) is 23.4 Å². The maximum Gasteiger partial charge on any atom is 0.263 e. The van der Waals surface area contributed by atoms with E-state index in [9.17, 15) is 19.2 Å². The molecule has 1 fully saturated rings. The van der Waals surface area contributed by atoms with E-state index in [1.54, 1.807) is 24.3 Å². The zero-order chi connectivity index (χ0) is 33.0. The van der Waals surface area contributed by atoms with Gasteiger partial charge in [0.1, 0.15) is 4.71 Å². The number of carbonyl (C=O) groups excluding carboxylic acids is 4. The molecule has 1 aromatic rings. The van der Waals surface area contributed by atoms with Crippen molar-refractivity contribution in [1.82, 2.24) is 4.90 Å². The van der Waals surface area contributed by atoms with Gasteiger partial charge in [0.2, 0.25) is 0 Å². The van der Waals surface area contributed by atoms with Crippen LogP contribution in [0.4, 0.5) is 0 Å². The van der Waals surface area contributed by atoms with E-state index >= 15 is 0 Å². The summed E-state index contributed by atoms with van der Waals surface area (Å²) in [6, 6.07) is 6.96. The van der Waals surface area contributed by atoms with Crippen LogP contribution in [-0.2, 0) is 9.59 Å². The highest BCUT2D eigenvalue weighted by Crippen LogP contribution is 2.67. The highest BCUT2D eigenvalue weighted by atomic mass is 32.2. The summed E-state index contributed by atoms with van der Waals surface area (Å²) in [7, 11) is 0. The predicted molar refractivity (Wildman–Crippen MR) is 182 cm³/mol. The third kappa shape index (κ3) is 5.02. The number of thioether (sulfide) groups is 2. The Bertz CT molecular complexity index is 1440. The number of amides is 2. The molecule has 2 spiro atoms. The number of nitrogens with zero attached hydrogens (tertiary/aromatic N) is 1. The van der Waals surface area contributed by atoms with E-state index in [2.05, 4.69) is 24.3 Å². The molecule has 0 atom stereocenters. The van der Waals surface area contributed by atoms with Crippen molar-refractivity contribution < 1.29 is 19.2 Å². The smallest absolute Gasteiger partial charge is 0.263 e. The number of hydrogen-bond acceptors (Lipinski definition) is 6. The first-order valence-electron chi connectivity index (χ1n) is 15.3. The third-order valence-electron chi connectivity index (χ3n) is 8.88. The Morgan fingerprint density at radius 2 is 0.795 bits per heavy atom. The van der Waals surface area contributed by atoms with Gasteiger partial charge in [0.25, 0.3) is 11.8 Å². The standard InChI is InChI=1S/C37H45NO4S2/c1-32(2,3)23-17-36(18-24(27(23)39)33(4,5)6)37(19-25(34(7,8)9)28(40)26(20-37)35(10,11)12)44-31(43-36)38-29(41)21-15-13-14-16-22(21)30(38)42/h13-20,31H,1-12H3. The number of hydrogen-bond donors (Lipinski definition) is 0. The molecule has 1 saturated heterocycles.